The fourth-order valence-electron chi connectivity index (χ4n) is 2.44. The molecule has 0 N–H and O–H groups in total. The van der Waals surface area contributed by atoms with Crippen molar-refractivity contribution in [3.63, 3.8) is 0 Å². The lowest BCUT2D eigenvalue weighted by Gasteiger charge is -2.36. The molecule has 2 aromatic rings. The van der Waals surface area contributed by atoms with E-state index in [2.05, 4.69) is 51.1 Å². The number of aldehydes is 1. The van der Waals surface area contributed by atoms with Gasteiger partial charge in [0.2, 0.25) is 0 Å². The molecule has 0 radical (unpaired) electrons. The first-order valence-corrected chi connectivity index (χ1v) is 10.9. The molecule has 0 spiro atoms. The highest BCUT2D eigenvalue weighted by Crippen LogP contribution is 2.37. The first-order valence-electron chi connectivity index (χ1n) is 7.95. The fraction of sp³-hybridized carbons (Fsp3) is 0.421. The lowest BCUT2D eigenvalue weighted by molar-refractivity contribution is 0.112. The quantitative estimate of drug-likeness (QED) is 0.561. The van der Waals surface area contributed by atoms with Gasteiger partial charge >= 0.3 is 0 Å². The van der Waals surface area contributed by atoms with Gasteiger partial charge in [-0.1, -0.05) is 33.4 Å². The molecule has 3 nitrogen and oxygen atoms in total. The zero-order chi connectivity index (χ0) is 17.4. The summed E-state index contributed by atoms with van der Waals surface area (Å²) in [6.07, 6.45) is 2.64. The molecule has 124 valence electrons. The Bertz CT molecular complexity index is 751. The first-order chi connectivity index (χ1) is 10.6. The van der Waals surface area contributed by atoms with Crippen molar-refractivity contribution in [2.75, 3.05) is 0 Å². The van der Waals surface area contributed by atoms with Crippen molar-refractivity contribution in [1.82, 2.24) is 4.57 Å². The summed E-state index contributed by atoms with van der Waals surface area (Å²) in [5, 5.41) is 1.25. The highest BCUT2D eigenvalue weighted by molar-refractivity contribution is 6.74. The summed E-state index contributed by atoms with van der Waals surface area (Å²) in [6, 6.07) is 5.96. The van der Waals surface area contributed by atoms with Gasteiger partial charge < -0.3 is 8.99 Å². The number of aromatic nitrogens is 1. The molecule has 1 aromatic heterocycles. The zero-order valence-corrected chi connectivity index (χ0v) is 16.1. The molecule has 4 heteroatoms. The molecule has 0 saturated heterocycles. The van der Waals surface area contributed by atoms with Crippen LogP contribution in [0, 0.1) is 0 Å². The Morgan fingerprint density at radius 2 is 1.96 bits per heavy atom. The van der Waals surface area contributed by atoms with E-state index >= 15 is 0 Å². The molecule has 0 amide bonds. The summed E-state index contributed by atoms with van der Waals surface area (Å²) in [4.78, 5) is 11.2. The molecule has 0 bridgehead atoms. The highest BCUT2D eigenvalue weighted by Gasteiger charge is 2.37. The minimum absolute atomic E-state index is 0.189. The topological polar surface area (TPSA) is 31.2 Å². The number of benzene rings is 1. The summed E-state index contributed by atoms with van der Waals surface area (Å²) in [5.74, 6) is 0. The Morgan fingerprint density at radius 3 is 2.48 bits per heavy atom. The van der Waals surface area contributed by atoms with E-state index in [1.54, 1.807) is 6.08 Å². The van der Waals surface area contributed by atoms with Gasteiger partial charge in [0.25, 0.3) is 0 Å². The van der Waals surface area contributed by atoms with Crippen LogP contribution in [0.1, 0.15) is 42.4 Å². The van der Waals surface area contributed by atoms with Gasteiger partial charge in [-0.15, -0.1) is 0 Å². The van der Waals surface area contributed by atoms with Crippen molar-refractivity contribution in [2.24, 2.45) is 7.05 Å². The van der Waals surface area contributed by atoms with E-state index in [1.807, 2.05) is 19.2 Å². The van der Waals surface area contributed by atoms with Crippen LogP contribution in [-0.4, -0.2) is 19.2 Å². The van der Waals surface area contributed by atoms with E-state index in [0.29, 0.717) is 12.2 Å². The lowest BCUT2D eigenvalue weighted by atomic mass is 10.0. The standard InChI is InChI=1S/C19H27NO2Si/c1-8-16-14(12-21)9-10-18-17(16)11-15(20(18)5)13-22-23(6,7)19(2,3)4/h8-12H,1,13H2,2-7H3. The Hall–Kier alpha value is -1.65. The van der Waals surface area contributed by atoms with Crippen molar-refractivity contribution in [3.05, 3.63) is 41.6 Å². The molecule has 0 fully saturated rings. The van der Waals surface area contributed by atoms with Gasteiger partial charge in [-0.2, -0.15) is 0 Å². The third kappa shape index (κ3) is 3.19. The maximum atomic E-state index is 11.2. The van der Waals surface area contributed by atoms with Crippen molar-refractivity contribution in [1.29, 1.82) is 0 Å². The number of hydrogen-bond donors (Lipinski definition) is 0. The van der Waals surface area contributed by atoms with Gasteiger partial charge in [0.05, 0.1) is 6.61 Å². The summed E-state index contributed by atoms with van der Waals surface area (Å²) in [6.45, 7) is 15.7. The molecular formula is C19H27NO2Si. The molecule has 2 rings (SSSR count). The molecule has 23 heavy (non-hydrogen) atoms. The SMILES string of the molecule is C=Cc1c(C=O)ccc2c1cc(CO[Si](C)(C)C(C)(C)C)n2C. The van der Waals surface area contributed by atoms with Crippen LogP contribution in [0.4, 0.5) is 0 Å². The Morgan fingerprint density at radius 1 is 1.30 bits per heavy atom. The summed E-state index contributed by atoms with van der Waals surface area (Å²) in [7, 11) is 0.253. The van der Waals surface area contributed by atoms with E-state index in [-0.39, 0.29) is 5.04 Å². The van der Waals surface area contributed by atoms with Crippen LogP contribution >= 0.6 is 0 Å². The first kappa shape index (κ1) is 17.7. The van der Waals surface area contributed by atoms with Crippen molar-refractivity contribution >= 4 is 31.6 Å². The maximum Gasteiger partial charge on any atom is 0.192 e. The van der Waals surface area contributed by atoms with Gasteiger partial charge in [-0.05, 0) is 41.9 Å². The zero-order valence-electron chi connectivity index (χ0n) is 15.1. The second kappa shape index (κ2) is 6.10. The smallest absolute Gasteiger partial charge is 0.192 e. The Kier molecular flexibility index (Phi) is 4.69. The van der Waals surface area contributed by atoms with Crippen LogP contribution < -0.4 is 0 Å². The molecule has 0 aliphatic rings. The van der Waals surface area contributed by atoms with Crippen LogP contribution in [0.25, 0.3) is 17.0 Å². The lowest BCUT2D eigenvalue weighted by Crippen LogP contribution is -2.40. The summed E-state index contributed by atoms with van der Waals surface area (Å²) >= 11 is 0. The average molecular weight is 330 g/mol. The van der Waals surface area contributed by atoms with Crippen LogP contribution in [0.2, 0.25) is 18.1 Å². The summed E-state index contributed by atoms with van der Waals surface area (Å²) < 4.78 is 8.49. The molecule has 0 atom stereocenters. The van der Waals surface area contributed by atoms with Crippen LogP contribution in [-0.2, 0) is 18.1 Å². The minimum Gasteiger partial charge on any atom is -0.411 e. The number of rotatable bonds is 5. The number of nitrogens with zero attached hydrogens (tertiary/aromatic N) is 1. The maximum absolute atomic E-state index is 11.2. The Balaban J connectivity index is 2.42. The third-order valence-electron chi connectivity index (χ3n) is 5.12. The van der Waals surface area contributed by atoms with E-state index in [4.69, 9.17) is 4.43 Å². The number of carbonyl (C=O) groups excluding carboxylic acids is 1. The van der Waals surface area contributed by atoms with Gasteiger partial charge in [0.15, 0.2) is 14.6 Å². The van der Waals surface area contributed by atoms with E-state index in [1.165, 1.54) is 0 Å². The predicted octanol–water partition coefficient (Wildman–Crippen LogP) is 5.16. The van der Waals surface area contributed by atoms with E-state index in [9.17, 15) is 4.79 Å². The van der Waals surface area contributed by atoms with Gasteiger partial charge in [-0.3, -0.25) is 4.79 Å². The fourth-order valence-corrected chi connectivity index (χ4v) is 3.39. The van der Waals surface area contributed by atoms with E-state index < -0.39 is 8.32 Å². The molecule has 0 unspecified atom stereocenters. The van der Waals surface area contributed by atoms with E-state index in [0.717, 1.165) is 28.4 Å². The molecule has 0 saturated carbocycles. The van der Waals surface area contributed by atoms with Crippen LogP contribution in [0.3, 0.4) is 0 Å². The van der Waals surface area contributed by atoms with Crippen LogP contribution in [0.5, 0.6) is 0 Å². The average Bonchev–Trinajstić information content (AvgIpc) is 2.79. The molecule has 1 aromatic carbocycles. The minimum atomic E-state index is -1.79. The predicted molar refractivity (Wildman–Crippen MR) is 100 cm³/mol. The van der Waals surface area contributed by atoms with Crippen LogP contribution in [0.15, 0.2) is 24.8 Å². The van der Waals surface area contributed by atoms with Gasteiger partial charge in [0, 0.05) is 29.2 Å². The Labute approximate surface area is 140 Å². The summed E-state index contributed by atoms with van der Waals surface area (Å²) in [5.41, 5.74) is 3.79. The normalized spacial score (nSPS) is 12.6. The van der Waals surface area contributed by atoms with Gasteiger partial charge in [-0.25, -0.2) is 0 Å². The van der Waals surface area contributed by atoms with Crippen molar-refractivity contribution in [2.45, 2.75) is 45.5 Å². The monoisotopic (exact) mass is 329 g/mol. The number of aryl methyl sites for hydroxylation is 1. The van der Waals surface area contributed by atoms with Crippen molar-refractivity contribution < 1.29 is 9.22 Å². The largest absolute Gasteiger partial charge is 0.411 e. The number of fused-ring (bicyclic) bond motifs is 1. The van der Waals surface area contributed by atoms with Crippen molar-refractivity contribution in [3.8, 4) is 0 Å². The molecule has 1 heterocycles. The second-order valence-corrected chi connectivity index (χ2v) is 12.4. The molecule has 0 aliphatic heterocycles. The third-order valence-corrected chi connectivity index (χ3v) is 9.60. The highest BCUT2D eigenvalue weighted by atomic mass is 28.4. The van der Waals surface area contributed by atoms with Gasteiger partial charge in [0.1, 0.15) is 0 Å². The molecular weight excluding hydrogens is 302 g/mol. The molecule has 0 aliphatic carbocycles. The second-order valence-electron chi connectivity index (χ2n) is 7.57. The number of hydrogen-bond acceptors (Lipinski definition) is 2. The number of carbonyl (C=O) groups is 1.